The Balaban J connectivity index is 1.60. The van der Waals surface area contributed by atoms with Crippen LogP contribution in [-0.4, -0.2) is 58.4 Å². The van der Waals surface area contributed by atoms with E-state index >= 15 is 0 Å². The number of nitrogens with zero attached hydrogens (tertiary/aromatic N) is 3. The van der Waals surface area contributed by atoms with Gasteiger partial charge in [-0.3, -0.25) is 0 Å². The van der Waals surface area contributed by atoms with Gasteiger partial charge in [0.05, 0.1) is 50.0 Å². The van der Waals surface area contributed by atoms with Crippen molar-refractivity contribution < 1.29 is 28.9 Å². The first-order chi connectivity index (χ1) is 22.5. The van der Waals surface area contributed by atoms with Crippen molar-refractivity contribution in [1.82, 2.24) is 14.0 Å². The molecule has 12 heteroatoms. The predicted molar refractivity (Wildman–Crippen MR) is 193 cm³/mol. The van der Waals surface area contributed by atoms with Crippen LogP contribution in [0.5, 0.6) is 11.5 Å². The predicted octanol–water partition coefficient (Wildman–Crippen LogP) is 8.19. The quantitative estimate of drug-likeness (QED) is 0.100. The number of rotatable bonds is 12. The number of aryl methyl sites for hydroxylation is 2. The molecule has 0 amide bonds. The van der Waals surface area contributed by atoms with E-state index in [1.54, 1.807) is 31.7 Å². The van der Waals surface area contributed by atoms with Crippen molar-refractivity contribution in [2.24, 2.45) is 14.1 Å². The standard InChI is InChI=1S/C35H37Br2N3O6S/c1-7-44-34(42)31-21-14-29(23(36)15-25(21)39(5)28(31)19-47-20-12-10-9-11-13-20)46-18-27-32(35(43)45-8-2)30-22(17-38(3)4)33(41)24(37)16-26(30)40(27)6/h9-16,41H,7-8,17-19H2,1-6H3. The summed E-state index contributed by atoms with van der Waals surface area (Å²) in [6.07, 6.45) is 0. The molecule has 0 radical (unpaired) electrons. The second-order valence-electron chi connectivity index (χ2n) is 11.2. The Morgan fingerprint density at radius 1 is 0.872 bits per heavy atom. The first kappa shape index (κ1) is 34.9. The highest BCUT2D eigenvalue weighted by atomic mass is 79.9. The van der Waals surface area contributed by atoms with Crippen LogP contribution in [0.15, 0.2) is 62.4 Å². The molecular weight excluding hydrogens is 750 g/mol. The molecule has 2 heterocycles. The van der Waals surface area contributed by atoms with Crippen molar-refractivity contribution in [1.29, 1.82) is 0 Å². The van der Waals surface area contributed by atoms with Crippen molar-refractivity contribution in [3.63, 3.8) is 0 Å². The summed E-state index contributed by atoms with van der Waals surface area (Å²) < 4.78 is 22.6. The highest BCUT2D eigenvalue weighted by molar-refractivity contribution is 9.11. The minimum absolute atomic E-state index is 0.0154. The molecule has 0 unspecified atom stereocenters. The van der Waals surface area contributed by atoms with Crippen LogP contribution in [0.4, 0.5) is 0 Å². The van der Waals surface area contributed by atoms with Gasteiger partial charge in [-0.25, -0.2) is 9.59 Å². The average Bonchev–Trinajstić information content (AvgIpc) is 3.46. The molecule has 3 aromatic carbocycles. The SMILES string of the molecule is CCOC(=O)c1c(CSc2ccccc2)n(C)c2cc(Br)c(OCc3c(C(=O)OCC)c4c(CN(C)C)c(O)c(Br)cc4n3C)cc12. The van der Waals surface area contributed by atoms with Gasteiger partial charge in [-0.1, -0.05) is 18.2 Å². The molecular formula is C35H37Br2N3O6S. The molecule has 248 valence electrons. The molecule has 0 aliphatic rings. The van der Waals surface area contributed by atoms with E-state index in [0.29, 0.717) is 60.1 Å². The fourth-order valence-electron chi connectivity index (χ4n) is 5.76. The van der Waals surface area contributed by atoms with Crippen molar-refractivity contribution in [3.8, 4) is 11.5 Å². The molecule has 47 heavy (non-hydrogen) atoms. The zero-order chi connectivity index (χ0) is 34.0. The third-order valence-corrected chi connectivity index (χ3v) is 10.2. The summed E-state index contributed by atoms with van der Waals surface area (Å²) in [4.78, 5) is 29.9. The van der Waals surface area contributed by atoms with Crippen LogP contribution >= 0.6 is 43.6 Å². The molecule has 0 spiro atoms. The van der Waals surface area contributed by atoms with Crippen molar-refractivity contribution in [3.05, 3.63) is 85.6 Å². The van der Waals surface area contributed by atoms with E-state index in [1.165, 1.54) is 0 Å². The molecule has 9 nitrogen and oxygen atoms in total. The van der Waals surface area contributed by atoms with Gasteiger partial charge in [-0.05, 0) is 90.1 Å². The number of benzene rings is 3. The Morgan fingerprint density at radius 2 is 1.49 bits per heavy atom. The summed E-state index contributed by atoms with van der Waals surface area (Å²) in [6, 6.07) is 15.6. The first-order valence-electron chi connectivity index (χ1n) is 15.1. The number of thioether (sulfide) groups is 1. The molecule has 0 aliphatic heterocycles. The normalized spacial score (nSPS) is 11.5. The topological polar surface area (TPSA) is 95.2 Å². The Kier molecular flexibility index (Phi) is 11.0. The Bertz CT molecular complexity index is 1970. The summed E-state index contributed by atoms with van der Waals surface area (Å²) in [5.74, 6) is 0.231. The van der Waals surface area contributed by atoms with Gasteiger partial charge in [0.25, 0.3) is 0 Å². The minimum atomic E-state index is -0.499. The number of carbonyl (C=O) groups is 2. The molecule has 0 atom stereocenters. The van der Waals surface area contributed by atoms with Crippen LogP contribution in [0, 0.1) is 0 Å². The van der Waals surface area contributed by atoms with E-state index in [2.05, 4.69) is 31.9 Å². The number of aromatic nitrogens is 2. The van der Waals surface area contributed by atoms with E-state index in [1.807, 2.05) is 84.7 Å². The third-order valence-electron chi connectivity index (χ3n) is 7.93. The Labute approximate surface area is 295 Å². The largest absolute Gasteiger partial charge is 0.506 e. The van der Waals surface area contributed by atoms with Crippen LogP contribution in [0.2, 0.25) is 0 Å². The number of phenols is 1. The minimum Gasteiger partial charge on any atom is -0.506 e. The smallest absolute Gasteiger partial charge is 0.340 e. The van der Waals surface area contributed by atoms with Crippen LogP contribution < -0.4 is 4.74 Å². The molecule has 1 N–H and O–H groups in total. The van der Waals surface area contributed by atoms with Gasteiger partial charge in [0.2, 0.25) is 0 Å². The molecule has 0 fully saturated rings. The lowest BCUT2D eigenvalue weighted by Gasteiger charge is -2.15. The zero-order valence-electron chi connectivity index (χ0n) is 27.1. The molecule has 0 saturated carbocycles. The van der Waals surface area contributed by atoms with Gasteiger partial charge in [0, 0.05) is 53.3 Å². The lowest BCUT2D eigenvalue weighted by atomic mass is 10.0. The number of fused-ring (bicyclic) bond motifs is 2. The third kappa shape index (κ3) is 6.92. The van der Waals surface area contributed by atoms with Gasteiger partial charge in [0.1, 0.15) is 18.1 Å². The average molecular weight is 788 g/mol. The first-order valence-corrected chi connectivity index (χ1v) is 17.7. The highest BCUT2D eigenvalue weighted by Gasteiger charge is 2.29. The summed E-state index contributed by atoms with van der Waals surface area (Å²) in [7, 11) is 7.60. The fraction of sp³-hybridized carbons (Fsp3) is 0.314. The van der Waals surface area contributed by atoms with E-state index in [0.717, 1.165) is 21.6 Å². The number of halogens is 2. The summed E-state index contributed by atoms with van der Waals surface area (Å²) in [5, 5.41) is 12.4. The Hall–Kier alpha value is -3.45. The second kappa shape index (κ2) is 14.8. The van der Waals surface area contributed by atoms with Gasteiger partial charge < -0.3 is 33.4 Å². The number of esters is 2. The highest BCUT2D eigenvalue weighted by Crippen LogP contribution is 2.41. The van der Waals surface area contributed by atoms with Gasteiger partial charge in [-0.2, -0.15) is 0 Å². The van der Waals surface area contributed by atoms with Crippen molar-refractivity contribution in [2.75, 3.05) is 27.3 Å². The molecule has 5 aromatic rings. The van der Waals surface area contributed by atoms with Crippen molar-refractivity contribution in [2.45, 2.75) is 37.6 Å². The van der Waals surface area contributed by atoms with Gasteiger partial charge >= 0.3 is 11.9 Å². The molecule has 5 rings (SSSR count). The number of ether oxygens (including phenoxy) is 3. The van der Waals surface area contributed by atoms with Crippen molar-refractivity contribution >= 4 is 77.4 Å². The monoisotopic (exact) mass is 785 g/mol. The number of aromatic hydroxyl groups is 1. The second-order valence-corrected chi connectivity index (χ2v) is 14.0. The van der Waals surface area contributed by atoms with Gasteiger partial charge in [-0.15, -0.1) is 11.8 Å². The summed E-state index contributed by atoms with van der Waals surface area (Å²) in [6.45, 7) is 4.41. The maximum atomic E-state index is 13.5. The number of hydrogen-bond donors (Lipinski definition) is 1. The van der Waals surface area contributed by atoms with E-state index in [9.17, 15) is 14.7 Å². The zero-order valence-corrected chi connectivity index (χ0v) is 31.1. The van der Waals surface area contributed by atoms with Gasteiger partial charge in [0.15, 0.2) is 0 Å². The summed E-state index contributed by atoms with van der Waals surface area (Å²) in [5.41, 5.74) is 4.47. The number of phenolic OH excluding ortho intramolecular Hbond substituents is 1. The van der Waals surface area contributed by atoms with Crippen LogP contribution in [-0.2, 0) is 42.5 Å². The molecule has 2 aromatic heterocycles. The number of carbonyl (C=O) groups excluding carboxylic acids is 2. The Morgan fingerprint density at radius 3 is 2.13 bits per heavy atom. The van der Waals surface area contributed by atoms with E-state index in [-0.39, 0.29) is 25.6 Å². The number of hydrogen-bond acceptors (Lipinski definition) is 8. The fourth-order valence-corrected chi connectivity index (χ4v) is 7.65. The maximum Gasteiger partial charge on any atom is 0.340 e. The lowest BCUT2D eigenvalue weighted by molar-refractivity contribution is 0.0516. The van der Waals surface area contributed by atoms with Crippen LogP contribution in [0.1, 0.15) is 51.5 Å². The van der Waals surface area contributed by atoms with E-state index in [4.69, 9.17) is 14.2 Å². The van der Waals surface area contributed by atoms with Crippen LogP contribution in [0.25, 0.3) is 21.8 Å². The lowest BCUT2D eigenvalue weighted by Crippen LogP contribution is -2.13. The maximum absolute atomic E-state index is 13.5. The molecule has 0 saturated heterocycles. The van der Waals surface area contributed by atoms with Crippen LogP contribution in [0.3, 0.4) is 0 Å². The molecule has 0 bridgehead atoms. The molecule has 0 aliphatic carbocycles. The summed E-state index contributed by atoms with van der Waals surface area (Å²) >= 11 is 8.81. The van der Waals surface area contributed by atoms with E-state index < -0.39 is 11.9 Å².